The second kappa shape index (κ2) is 5.91. The normalized spacial score (nSPS) is 12.0. The largest absolute Gasteiger partial charge is 0.573 e. The summed E-state index contributed by atoms with van der Waals surface area (Å²) in [6.07, 6.45) is -0.459. The number of nitrogens with zero attached hydrogens (tertiary/aromatic N) is 4. The first-order valence-electron chi connectivity index (χ1n) is 6.30. The van der Waals surface area contributed by atoms with Gasteiger partial charge in [0.25, 0.3) is 0 Å². The molecule has 0 unspecified atom stereocenters. The Bertz CT molecular complexity index is 828. The van der Waals surface area contributed by atoms with Gasteiger partial charge in [-0.2, -0.15) is 5.10 Å². The van der Waals surface area contributed by atoms with Gasteiger partial charge < -0.3 is 9.72 Å². The summed E-state index contributed by atoms with van der Waals surface area (Å²) in [7, 11) is 0. The first-order valence-corrected chi connectivity index (χ1v) is 6.30. The van der Waals surface area contributed by atoms with Crippen LogP contribution in [0.4, 0.5) is 19.0 Å². The summed E-state index contributed by atoms with van der Waals surface area (Å²) in [6, 6.07) is 5.29. The number of alkyl halides is 3. The van der Waals surface area contributed by atoms with Crippen molar-refractivity contribution in [2.24, 2.45) is 5.10 Å². The minimum absolute atomic E-state index is 0.294. The standard InChI is InChI=1S/C13H9F3N6O/c14-13(15,16)23-9-3-1-8(2-4-9)5-21-22-12-10-11(18-6-17-10)19-7-20-12/h1-7H,(H2,17,18,19,20,22)/b21-5+. The molecule has 2 N–H and O–H groups in total. The molecule has 0 amide bonds. The van der Waals surface area contributed by atoms with Crippen LogP contribution in [0, 0.1) is 0 Å². The number of imidazole rings is 1. The highest BCUT2D eigenvalue weighted by Crippen LogP contribution is 2.22. The fourth-order valence-corrected chi connectivity index (χ4v) is 1.77. The van der Waals surface area contributed by atoms with Crippen LogP contribution in [0.5, 0.6) is 5.75 Å². The molecule has 0 saturated carbocycles. The van der Waals surface area contributed by atoms with Crippen molar-refractivity contribution in [3.8, 4) is 5.75 Å². The molecule has 0 radical (unpaired) electrons. The second-order valence-electron chi connectivity index (χ2n) is 4.31. The summed E-state index contributed by atoms with van der Waals surface area (Å²) in [5.74, 6) is 0.137. The Morgan fingerprint density at radius 2 is 1.91 bits per heavy atom. The summed E-state index contributed by atoms with van der Waals surface area (Å²) in [5.41, 5.74) is 4.38. The van der Waals surface area contributed by atoms with Crippen molar-refractivity contribution in [1.82, 2.24) is 19.9 Å². The lowest BCUT2D eigenvalue weighted by Crippen LogP contribution is -2.17. The Kier molecular flexibility index (Phi) is 3.79. The fraction of sp³-hybridized carbons (Fsp3) is 0.0769. The molecule has 0 aliphatic rings. The number of aromatic amines is 1. The van der Waals surface area contributed by atoms with Gasteiger partial charge in [-0.1, -0.05) is 0 Å². The molecule has 0 spiro atoms. The monoisotopic (exact) mass is 322 g/mol. The Hall–Kier alpha value is -3.17. The van der Waals surface area contributed by atoms with Crippen LogP contribution >= 0.6 is 0 Å². The van der Waals surface area contributed by atoms with E-state index in [-0.39, 0.29) is 5.75 Å². The van der Waals surface area contributed by atoms with Gasteiger partial charge in [-0.3, -0.25) is 5.43 Å². The van der Waals surface area contributed by atoms with Gasteiger partial charge in [0.1, 0.15) is 17.6 Å². The predicted molar refractivity (Wildman–Crippen MR) is 76.0 cm³/mol. The lowest BCUT2D eigenvalue weighted by Gasteiger charge is -2.08. The molecular formula is C13H9F3N6O. The molecular weight excluding hydrogens is 313 g/mol. The Labute approximate surface area is 127 Å². The molecule has 0 fully saturated rings. The van der Waals surface area contributed by atoms with Gasteiger partial charge in [-0.05, 0) is 29.8 Å². The molecule has 118 valence electrons. The van der Waals surface area contributed by atoms with Crippen molar-refractivity contribution in [2.75, 3.05) is 5.43 Å². The summed E-state index contributed by atoms with van der Waals surface area (Å²) >= 11 is 0. The smallest absolute Gasteiger partial charge is 0.406 e. The van der Waals surface area contributed by atoms with E-state index in [0.717, 1.165) is 0 Å². The minimum atomic E-state index is -4.71. The zero-order valence-corrected chi connectivity index (χ0v) is 11.4. The van der Waals surface area contributed by atoms with E-state index in [1.807, 2.05) is 0 Å². The Morgan fingerprint density at radius 1 is 1.13 bits per heavy atom. The lowest BCUT2D eigenvalue weighted by molar-refractivity contribution is -0.274. The Morgan fingerprint density at radius 3 is 2.65 bits per heavy atom. The van der Waals surface area contributed by atoms with Gasteiger partial charge in [-0.25, -0.2) is 15.0 Å². The maximum Gasteiger partial charge on any atom is 0.573 e. The molecule has 0 aliphatic carbocycles. The summed E-state index contributed by atoms with van der Waals surface area (Å²) in [5, 5.41) is 3.97. The third kappa shape index (κ3) is 3.73. The number of H-pyrrole nitrogens is 1. The number of rotatable bonds is 4. The van der Waals surface area contributed by atoms with E-state index in [2.05, 4.69) is 35.2 Å². The van der Waals surface area contributed by atoms with Crippen LogP contribution in [0.15, 0.2) is 42.0 Å². The van der Waals surface area contributed by atoms with Crippen molar-refractivity contribution in [1.29, 1.82) is 0 Å². The first-order chi connectivity index (χ1) is 11.0. The fourth-order valence-electron chi connectivity index (χ4n) is 1.77. The van der Waals surface area contributed by atoms with Gasteiger partial charge >= 0.3 is 6.36 Å². The maximum atomic E-state index is 12.1. The van der Waals surface area contributed by atoms with E-state index in [9.17, 15) is 13.2 Å². The van der Waals surface area contributed by atoms with E-state index >= 15 is 0 Å². The average Bonchev–Trinajstić information content (AvgIpc) is 2.97. The quantitative estimate of drug-likeness (QED) is 0.569. The van der Waals surface area contributed by atoms with E-state index in [1.54, 1.807) is 0 Å². The number of anilines is 1. The third-order valence-corrected chi connectivity index (χ3v) is 2.72. The topological polar surface area (TPSA) is 88.1 Å². The predicted octanol–water partition coefficient (Wildman–Crippen LogP) is 2.70. The molecule has 7 nitrogen and oxygen atoms in total. The minimum Gasteiger partial charge on any atom is -0.406 e. The summed E-state index contributed by atoms with van der Waals surface area (Å²) < 4.78 is 39.9. The van der Waals surface area contributed by atoms with Crippen LogP contribution in [-0.4, -0.2) is 32.5 Å². The summed E-state index contributed by atoms with van der Waals surface area (Å²) in [6.45, 7) is 0. The molecule has 0 saturated heterocycles. The Balaban J connectivity index is 1.67. The number of nitrogens with one attached hydrogen (secondary N) is 2. The van der Waals surface area contributed by atoms with E-state index < -0.39 is 6.36 Å². The molecule has 10 heteroatoms. The van der Waals surface area contributed by atoms with Gasteiger partial charge in [0.2, 0.25) is 0 Å². The molecule has 0 bridgehead atoms. The molecule has 3 rings (SSSR count). The third-order valence-electron chi connectivity index (χ3n) is 2.72. The van der Waals surface area contributed by atoms with E-state index in [1.165, 1.54) is 43.1 Å². The number of benzene rings is 1. The van der Waals surface area contributed by atoms with Crippen LogP contribution in [0.3, 0.4) is 0 Å². The molecule has 23 heavy (non-hydrogen) atoms. The number of ether oxygens (including phenoxy) is 1. The average molecular weight is 322 g/mol. The van der Waals surface area contributed by atoms with Crippen molar-refractivity contribution < 1.29 is 17.9 Å². The van der Waals surface area contributed by atoms with Crippen LogP contribution in [0.1, 0.15) is 5.56 Å². The van der Waals surface area contributed by atoms with Crippen LogP contribution in [0.2, 0.25) is 0 Å². The van der Waals surface area contributed by atoms with Gasteiger partial charge in [0, 0.05) is 0 Å². The van der Waals surface area contributed by atoms with Crippen LogP contribution < -0.4 is 10.2 Å². The number of hydrazone groups is 1. The summed E-state index contributed by atoms with van der Waals surface area (Å²) in [4.78, 5) is 14.8. The first kappa shape index (κ1) is 14.8. The molecule has 1 aromatic carbocycles. The highest BCUT2D eigenvalue weighted by molar-refractivity contribution is 5.84. The van der Waals surface area contributed by atoms with Gasteiger partial charge in [0.15, 0.2) is 11.5 Å². The number of hydrogen-bond acceptors (Lipinski definition) is 6. The highest BCUT2D eigenvalue weighted by Gasteiger charge is 2.30. The lowest BCUT2D eigenvalue weighted by atomic mass is 10.2. The van der Waals surface area contributed by atoms with Crippen LogP contribution in [-0.2, 0) is 0 Å². The SMILES string of the molecule is FC(F)(F)Oc1ccc(/C=N/Nc2ncnc3nc[nH]c23)cc1. The maximum absolute atomic E-state index is 12.1. The molecule has 2 heterocycles. The van der Waals surface area contributed by atoms with Crippen molar-refractivity contribution >= 4 is 23.2 Å². The molecule has 2 aromatic heterocycles. The number of halogens is 3. The van der Waals surface area contributed by atoms with Crippen LogP contribution in [0.25, 0.3) is 11.2 Å². The van der Waals surface area contributed by atoms with E-state index in [4.69, 9.17) is 0 Å². The molecule has 3 aromatic rings. The van der Waals surface area contributed by atoms with Crippen molar-refractivity contribution in [2.45, 2.75) is 6.36 Å². The second-order valence-corrected chi connectivity index (χ2v) is 4.31. The number of fused-ring (bicyclic) bond motifs is 1. The number of aromatic nitrogens is 4. The zero-order chi connectivity index (χ0) is 16.3. The molecule has 0 atom stereocenters. The zero-order valence-electron chi connectivity index (χ0n) is 11.4. The van der Waals surface area contributed by atoms with Crippen molar-refractivity contribution in [3.63, 3.8) is 0 Å². The highest BCUT2D eigenvalue weighted by atomic mass is 19.4. The van der Waals surface area contributed by atoms with Gasteiger partial charge in [-0.15, -0.1) is 13.2 Å². The molecule has 0 aliphatic heterocycles. The van der Waals surface area contributed by atoms with Gasteiger partial charge in [0.05, 0.1) is 12.5 Å². The van der Waals surface area contributed by atoms with E-state index in [0.29, 0.717) is 22.5 Å². The number of hydrogen-bond donors (Lipinski definition) is 2. The van der Waals surface area contributed by atoms with Crippen molar-refractivity contribution in [3.05, 3.63) is 42.5 Å².